The molecular formula is C26H17BrIrN2O-2. The molecule has 31 heavy (non-hydrogen) atoms. The first-order chi connectivity index (χ1) is 14.7. The molecule has 1 radical (unpaired) electrons. The minimum Gasteiger partial charge on any atom is -0.661 e. The van der Waals surface area contributed by atoms with Crippen LogP contribution < -0.4 is 4.98 Å². The van der Waals surface area contributed by atoms with Gasteiger partial charge in [-0.3, -0.25) is 4.79 Å². The number of carbonyl (C=O) groups excluding carboxylic acids is 1. The topological polar surface area (TPSA) is 44.1 Å². The molecule has 2 heterocycles. The molecule has 3 nitrogen and oxygen atoms in total. The predicted octanol–water partition coefficient (Wildman–Crippen LogP) is 6.34. The summed E-state index contributed by atoms with van der Waals surface area (Å²) in [6.07, 6.45) is 3.46. The Labute approximate surface area is 203 Å². The molecule has 0 spiro atoms. The Morgan fingerprint density at radius 3 is 2.35 bits per heavy atom. The molecule has 0 saturated heterocycles. The zero-order valence-electron chi connectivity index (χ0n) is 16.3. The van der Waals surface area contributed by atoms with Crippen molar-refractivity contribution in [1.29, 1.82) is 0 Å². The molecule has 5 rings (SSSR count). The molecule has 0 N–H and O–H groups in total. The van der Waals surface area contributed by atoms with E-state index in [0.717, 1.165) is 15.7 Å². The van der Waals surface area contributed by atoms with Gasteiger partial charge in [0, 0.05) is 36.3 Å². The first kappa shape index (κ1) is 22.8. The average Bonchev–Trinajstić information content (AvgIpc) is 3.35. The Morgan fingerprint density at radius 1 is 0.871 bits per heavy atom. The largest absolute Gasteiger partial charge is 0.661 e. The van der Waals surface area contributed by atoms with Crippen LogP contribution >= 0.6 is 15.9 Å². The van der Waals surface area contributed by atoms with E-state index in [1.807, 2.05) is 60.8 Å². The Morgan fingerprint density at radius 2 is 1.65 bits per heavy atom. The van der Waals surface area contributed by atoms with Crippen molar-refractivity contribution >= 4 is 32.5 Å². The van der Waals surface area contributed by atoms with Gasteiger partial charge in [-0.2, -0.15) is 6.20 Å². The molecule has 0 aliphatic heterocycles. The van der Waals surface area contributed by atoms with Crippen LogP contribution in [0, 0.1) is 6.07 Å². The number of carbonyl (C=O) groups is 1. The van der Waals surface area contributed by atoms with Gasteiger partial charge in [0.25, 0.3) is 0 Å². The van der Waals surface area contributed by atoms with Crippen LogP contribution in [0.2, 0.25) is 0 Å². The molecular weight excluding hydrogens is 628 g/mol. The van der Waals surface area contributed by atoms with Crippen LogP contribution in [0.25, 0.3) is 22.0 Å². The summed E-state index contributed by atoms with van der Waals surface area (Å²) < 4.78 is 0.963. The molecule has 3 aromatic carbocycles. The van der Waals surface area contributed by atoms with Crippen LogP contribution in [-0.4, -0.2) is 10.8 Å². The van der Waals surface area contributed by atoms with Crippen molar-refractivity contribution in [2.75, 3.05) is 0 Å². The second-order valence-electron chi connectivity index (χ2n) is 6.52. The number of hydrogen-bond acceptors (Lipinski definition) is 2. The van der Waals surface area contributed by atoms with Crippen molar-refractivity contribution in [1.82, 2.24) is 9.97 Å². The van der Waals surface area contributed by atoms with Crippen LogP contribution in [0.3, 0.4) is 0 Å². The van der Waals surface area contributed by atoms with E-state index in [-0.39, 0.29) is 25.9 Å². The van der Waals surface area contributed by atoms with E-state index in [9.17, 15) is 4.79 Å². The summed E-state index contributed by atoms with van der Waals surface area (Å²) in [6.45, 7) is 0. The number of pyridine rings is 1. The van der Waals surface area contributed by atoms with Gasteiger partial charge in [-0.25, -0.2) is 0 Å². The standard InChI is InChI=1S/C15H10N.C11H8BrNO.Ir/c1-2-7-13(8-3-1)15-14-9-5-4-6-12(14)10-11-16-15;12-9-5-3-8(4-6-9)11(14)10-2-1-7-13-10;/h1-7,9-11H;1-7H,(H,13,14);/q-1;;/p-1. The van der Waals surface area contributed by atoms with Gasteiger partial charge in [-0.15, -0.1) is 35.9 Å². The van der Waals surface area contributed by atoms with Gasteiger partial charge in [0.2, 0.25) is 0 Å². The molecule has 5 aromatic rings. The zero-order chi connectivity index (χ0) is 20.8. The number of fused-ring (bicyclic) bond motifs is 1. The molecule has 0 atom stereocenters. The van der Waals surface area contributed by atoms with Crippen LogP contribution in [0.4, 0.5) is 0 Å². The number of hydrogen-bond donors (Lipinski definition) is 0. The van der Waals surface area contributed by atoms with Crippen LogP contribution in [0.5, 0.6) is 0 Å². The number of rotatable bonds is 3. The maximum Gasteiger partial charge on any atom is 0.171 e. The summed E-state index contributed by atoms with van der Waals surface area (Å²) in [5.41, 5.74) is 3.19. The Balaban J connectivity index is 0.000000172. The number of nitrogens with zero attached hydrogens (tertiary/aromatic N) is 2. The third-order valence-electron chi connectivity index (χ3n) is 4.53. The van der Waals surface area contributed by atoms with Crippen LogP contribution in [0.15, 0.2) is 108 Å². The van der Waals surface area contributed by atoms with E-state index in [2.05, 4.69) is 44.1 Å². The van der Waals surface area contributed by atoms with Gasteiger partial charge in [0.05, 0.1) is 0 Å². The second kappa shape index (κ2) is 11.0. The van der Waals surface area contributed by atoms with Crippen molar-refractivity contribution in [2.24, 2.45) is 0 Å². The quantitative estimate of drug-likeness (QED) is 0.170. The van der Waals surface area contributed by atoms with Crippen molar-refractivity contribution in [3.63, 3.8) is 0 Å². The van der Waals surface area contributed by atoms with Gasteiger partial charge in [0.1, 0.15) is 0 Å². The summed E-state index contributed by atoms with van der Waals surface area (Å²) in [6, 6.07) is 32.2. The minimum atomic E-state index is -0.0394. The third-order valence-corrected chi connectivity index (χ3v) is 5.06. The van der Waals surface area contributed by atoms with Crippen molar-refractivity contribution in [2.45, 2.75) is 0 Å². The smallest absolute Gasteiger partial charge is 0.171 e. The molecule has 5 heteroatoms. The van der Waals surface area contributed by atoms with E-state index < -0.39 is 0 Å². The monoisotopic (exact) mass is 645 g/mol. The summed E-state index contributed by atoms with van der Waals surface area (Å²) in [5.74, 6) is -0.0394. The molecule has 0 amide bonds. The van der Waals surface area contributed by atoms with E-state index in [4.69, 9.17) is 0 Å². The van der Waals surface area contributed by atoms with Gasteiger partial charge >= 0.3 is 0 Å². The van der Waals surface area contributed by atoms with Crippen LogP contribution in [0.1, 0.15) is 16.1 Å². The fourth-order valence-corrected chi connectivity index (χ4v) is 3.32. The van der Waals surface area contributed by atoms with E-state index >= 15 is 0 Å². The average molecular weight is 646 g/mol. The fourth-order valence-electron chi connectivity index (χ4n) is 3.06. The second-order valence-corrected chi connectivity index (χ2v) is 7.43. The molecule has 2 aromatic heterocycles. The van der Waals surface area contributed by atoms with Gasteiger partial charge in [-0.05, 0) is 46.8 Å². The minimum absolute atomic E-state index is 0. The summed E-state index contributed by atoms with van der Waals surface area (Å²) in [7, 11) is 0. The van der Waals surface area contributed by atoms with Crippen LogP contribution in [-0.2, 0) is 20.1 Å². The molecule has 0 aliphatic rings. The Bertz CT molecular complexity index is 1250. The summed E-state index contributed by atoms with van der Waals surface area (Å²) in [5, 5.41) is 2.39. The number of ketones is 1. The first-order valence-corrected chi connectivity index (χ1v) is 10.2. The normalized spacial score (nSPS) is 9.97. The molecule has 0 bridgehead atoms. The SMILES string of the molecule is O=C(c1ccc(Br)cc1)c1ccc[n-]1.[Ir].[c-]1ccccc1-c1nccc2ccccc12. The van der Waals surface area contributed by atoms with E-state index in [1.165, 1.54) is 10.8 Å². The summed E-state index contributed by atoms with van der Waals surface area (Å²) >= 11 is 3.32. The Kier molecular flexibility index (Phi) is 8.07. The molecule has 155 valence electrons. The van der Waals surface area contributed by atoms with Crippen molar-refractivity contribution in [3.05, 3.63) is 125 Å². The third kappa shape index (κ3) is 5.65. The molecule has 0 unspecified atom stereocenters. The maximum atomic E-state index is 11.7. The predicted molar refractivity (Wildman–Crippen MR) is 123 cm³/mol. The zero-order valence-corrected chi connectivity index (χ0v) is 20.3. The maximum absolute atomic E-state index is 11.7. The first-order valence-electron chi connectivity index (χ1n) is 9.41. The summed E-state index contributed by atoms with van der Waals surface area (Å²) in [4.78, 5) is 20.1. The van der Waals surface area contributed by atoms with E-state index in [1.54, 1.807) is 30.5 Å². The number of benzene rings is 3. The number of halogens is 1. The Hall–Kier alpha value is -2.85. The molecule has 0 aliphatic carbocycles. The van der Waals surface area contributed by atoms with Gasteiger partial charge < -0.3 is 9.97 Å². The van der Waals surface area contributed by atoms with Crippen molar-refractivity contribution < 1.29 is 24.9 Å². The van der Waals surface area contributed by atoms with Gasteiger partial charge in [0.15, 0.2) is 5.78 Å². The van der Waals surface area contributed by atoms with Gasteiger partial charge in [-0.1, -0.05) is 58.0 Å². The fraction of sp³-hybridized carbons (Fsp3) is 0. The number of aromatic nitrogens is 2. The van der Waals surface area contributed by atoms with Crippen molar-refractivity contribution in [3.8, 4) is 11.3 Å². The molecule has 0 saturated carbocycles. The molecule has 0 fully saturated rings. The van der Waals surface area contributed by atoms with E-state index in [0.29, 0.717) is 11.3 Å².